The van der Waals surface area contributed by atoms with E-state index in [1.165, 1.54) is 12.1 Å². The van der Waals surface area contributed by atoms with Crippen molar-refractivity contribution in [2.75, 3.05) is 5.88 Å². The smallest absolute Gasteiger partial charge is 0.125 e. The van der Waals surface area contributed by atoms with E-state index in [9.17, 15) is 4.39 Å². The Morgan fingerprint density at radius 1 is 1.14 bits per heavy atom. The Bertz CT molecular complexity index is 797. The van der Waals surface area contributed by atoms with Crippen LogP contribution in [0.15, 0.2) is 45.3 Å². The highest BCUT2D eigenvalue weighted by molar-refractivity contribution is 9.11. The highest BCUT2D eigenvalue weighted by Crippen LogP contribution is 2.33. The number of halogens is 4. The maximum Gasteiger partial charge on any atom is 0.125 e. The second-order valence-electron chi connectivity index (χ2n) is 4.51. The molecule has 1 heterocycles. The van der Waals surface area contributed by atoms with E-state index in [2.05, 4.69) is 36.8 Å². The normalized spacial score (nSPS) is 11.2. The molecule has 0 amide bonds. The minimum atomic E-state index is -0.288. The monoisotopic (exact) mass is 430 g/mol. The van der Waals surface area contributed by atoms with Gasteiger partial charge in [0.25, 0.3) is 0 Å². The zero-order chi connectivity index (χ0) is 15.0. The third-order valence-electron chi connectivity index (χ3n) is 3.17. The van der Waals surface area contributed by atoms with E-state index in [0.29, 0.717) is 12.3 Å². The zero-order valence-corrected chi connectivity index (χ0v) is 14.7. The van der Waals surface area contributed by atoms with Crippen LogP contribution in [0, 0.1) is 5.82 Å². The Hall–Kier alpha value is -0.910. The highest BCUT2D eigenvalue weighted by Gasteiger charge is 2.17. The maximum absolute atomic E-state index is 13.6. The van der Waals surface area contributed by atoms with Crippen LogP contribution in [-0.2, 0) is 6.42 Å². The molecule has 1 aromatic heterocycles. The number of alkyl halides is 1. The van der Waals surface area contributed by atoms with Crippen molar-refractivity contribution >= 4 is 54.5 Å². The molecule has 6 heteroatoms. The van der Waals surface area contributed by atoms with E-state index >= 15 is 0 Å². The van der Waals surface area contributed by atoms with E-state index in [1.807, 2.05) is 22.8 Å². The lowest BCUT2D eigenvalue weighted by molar-refractivity contribution is 0.629. The molecule has 0 saturated carbocycles. The van der Waals surface area contributed by atoms with Crippen LogP contribution in [0.1, 0.15) is 5.82 Å². The Balaban J connectivity index is 2.38. The number of aromatic nitrogens is 2. The average molecular weight is 433 g/mol. The van der Waals surface area contributed by atoms with Gasteiger partial charge in [0, 0.05) is 27.3 Å². The van der Waals surface area contributed by atoms with Crippen LogP contribution >= 0.6 is 43.5 Å². The predicted octanol–water partition coefficient (Wildman–Crippen LogP) is 5.47. The van der Waals surface area contributed by atoms with Gasteiger partial charge in [0.2, 0.25) is 0 Å². The predicted molar refractivity (Wildman–Crippen MR) is 90.9 cm³/mol. The molecule has 0 aliphatic rings. The van der Waals surface area contributed by atoms with E-state index in [-0.39, 0.29) is 5.82 Å². The van der Waals surface area contributed by atoms with Crippen molar-refractivity contribution in [3.63, 3.8) is 0 Å². The van der Waals surface area contributed by atoms with Gasteiger partial charge in [0.15, 0.2) is 0 Å². The molecule has 2 aromatic carbocycles. The van der Waals surface area contributed by atoms with Gasteiger partial charge in [-0.3, -0.25) is 4.57 Å². The quantitative estimate of drug-likeness (QED) is 0.502. The summed E-state index contributed by atoms with van der Waals surface area (Å²) in [6.45, 7) is 0. The second-order valence-corrected chi connectivity index (χ2v) is 6.59. The van der Waals surface area contributed by atoms with Crippen LogP contribution in [0.3, 0.4) is 0 Å². The van der Waals surface area contributed by atoms with E-state index in [0.717, 1.165) is 31.5 Å². The van der Waals surface area contributed by atoms with Gasteiger partial charge in [-0.05, 0) is 56.1 Å². The van der Waals surface area contributed by atoms with Crippen LogP contribution in [0.5, 0.6) is 0 Å². The number of hydrogen-bond acceptors (Lipinski definition) is 1. The zero-order valence-electron chi connectivity index (χ0n) is 10.8. The third-order valence-corrected chi connectivity index (χ3v) is 4.63. The molecule has 0 unspecified atom stereocenters. The molecular weight excluding hydrogens is 422 g/mol. The summed E-state index contributed by atoms with van der Waals surface area (Å²) in [6.07, 6.45) is 0.603. The lowest BCUT2D eigenvalue weighted by Gasteiger charge is -2.13. The Morgan fingerprint density at radius 3 is 2.52 bits per heavy atom. The van der Waals surface area contributed by atoms with E-state index in [4.69, 9.17) is 11.6 Å². The van der Waals surface area contributed by atoms with Crippen molar-refractivity contribution in [3.05, 3.63) is 57.0 Å². The minimum Gasteiger partial charge on any atom is -0.294 e. The average Bonchev–Trinajstić information content (AvgIpc) is 2.77. The molecule has 108 valence electrons. The van der Waals surface area contributed by atoms with Crippen molar-refractivity contribution in [1.29, 1.82) is 0 Å². The molecule has 21 heavy (non-hydrogen) atoms. The number of imidazole rings is 1. The topological polar surface area (TPSA) is 17.8 Å². The van der Waals surface area contributed by atoms with Crippen molar-refractivity contribution in [2.24, 2.45) is 0 Å². The molecule has 0 bridgehead atoms. The number of hydrogen-bond donors (Lipinski definition) is 0. The molecule has 0 radical (unpaired) electrons. The van der Waals surface area contributed by atoms with Gasteiger partial charge < -0.3 is 0 Å². The molecule has 3 rings (SSSR count). The molecular formula is C15H10Br2ClFN2. The summed E-state index contributed by atoms with van der Waals surface area (Å²) in [4.78, 5) is 4.57. The van der Waals surface area contributed by atoms with Crippen LogP contribution in [0.25, 0.3) is 16.7 Å². The Labute approximate surface area is 143 Å². The van der Waals surface area contributed by atoms with Gasteiger partial charge in [0.1, 0.15) is 11.6 Å². The van der Waals surface area contributed by atoms with Crippen LogP contribution in [0.4, 0.5) is 4.39 Å². The van der Waals surface area contributed by atoms with Crippen molar-refractivity contribution in [1.82, 2.24) is 9.55 Å². The molecule has 0 atom stereocenters. The lowest BCUT2D eigenvalue weighted by atomic mass is 10.2. The maximum atomic E-state index is 13.6. The molecule has 0 aliphatic carbocycles. The number of aryl methyl sites for hydroxylation is 1. The van der Waals surface area contributed by atoms with Crippen molar-refractivity contribution in [3.8, 4) is 5.69 Å². The van der Waals surface area contributed by atoms with Crippen molar-refractivity contribution < 1.29 is 4.39 Å². The number of fused-ring (bicyclic) bond motifs is 1. The van der Waals surface area contributed by atoms with E-state index < -0.39 is 0 Å². The lowest BCUT2D eigenvalue weighted by Crippen LogP contribution is -2.04. The first-order valence-corrected chi connectivity index (χ1v) is 8.41. The molecule has 0 spiro atoms. The summed E-state index contributed by atoms with van der Waals surface area (Å²) in [7, 11) is 0. The van der Waals surface area contributed by atoms with Crippen LogP contribution < -0.4 is 0 Å². The second kappa shape index (κ2) is 6.07. The number of rotatable bonds is 3. The largest absolute Gasteiger partial charge is 0.294 e. The van der Waals surface area contributed by atoms with Crippen LogP contribution in [-0.4, -0.2) is 15.4 Å². The molecule has 3 aromatic rings. The van der Waals surface area contributed by atoms with Gasteiger partial charge >= 0.3 is 0 Å². The first kappa shape index (κ1) is 15.0. The van der Waals surface area contributed by atoms with Crippen molar-refractivity contribution in [2.45, 2.75) is 6.42 Å². The minimum absolute atomic E-state index is 0.288. The highest BCUT2D eigenvalue weighted by atomic mass is 79.9. The van der Waals surface area contributed by atoms with Gasteiger partial charge in [-0.15, -0.1) is 11.6 Å². The Kier molecular flexibility index (Phi) is 4.33. The summed E-state index contributed by atoms with van der Waals surface area (Å²) >= 11 is 13.0. The fourth-order valence-electron chi connectivity index (χ4n) is 2.30. The first-order chi connectivity index (χ1) is 10.1. The molecule has 2 nitrogen and oxygen atoms in total. The summed E-state index contributed by atoms with van der Waals surface area (Å²) in [5, 5.41) is 0. The molecule has 0 saturated heterocycles. The third kappa shape index (κ3) is 2.74. The summed E-state index contributed by atoms with van der Waals surface area (Å²) < 4.78 is 17.4. The first-order valence-electron chi connectivity index (χ1n) is 6.29. The number of nitrogens with zero attached hydrogens (tertiary/aromatic N) is 2. The molecule has 0 N–H and O–H groups in total. The SMILES string of the molecule is Fc1ccc2nc(CCCl)n(-c3c(Br)cccc3Br)c2c1. The molecule has 0 aliphatic heterocycles. The standard InChI is InChI=1S/C15H10Br2ClFN2/c16-10-2-1-3-11(17)15(10)21-13-8-9(19)4-5-12(13)20-14(21)6-7-18/h1-5,8H,6-7H2. The summed E-state index contributed by atoms with van der Waals surface area (Å²) in [5.41, 5.74) is 2.37. The summed E-state index contributed by atoms with van der Waals surface area (Å²) in [6, 6.07) is 10.4. The fourth-order valence-corrected chi connectivity index (χ4v) is 3.82. The van der Waals surface area contributed by atoms with E-state index in [1.54, 1.807) is 6.07 Å². The molecule has 0 fully saturated rings. The number of para-hydroxylation sites is 1. The van der Waals surface area contributed by atoms with Crippen LogP contribution in [0.2, 0.25) is 0 Å². The summed E-state index contributed by atoms with van der Waals surface area (Å²) in [5.74, 6) is 0.968. The van der Waals surface area contributed by atoms with Gasteiger partial charge in [0.05, 0.1) is 16.7 Å². The van der Waals surface area contributed by atoms with Gasteiger partial charge in [-0.2, -0.15) is 0 Å². The Morgan fingerprint density at radius 2 is 1.86 bits per heavy atom. The number of benzene rings is 2. The van der Waals surface area contributed by atoms with Gasteiger partial charge in [-0.1, -0.05) is 6.07 Å². The fraction of sp³-hybridized carbons (Fsp3) is 0.133. The van der Waals surface area contributed by atoms with Gasteiger partial charge in [-0.25, -0.2) is 9.37 Å².